The third-order valence-electron chi connectivity index (χ3n) is 4.88. The van der Waals surface area contributed by atoms with Crippen molar-refractivity contribution in [2.24, 2.45) is 0 Å². The molecule has 7 nitrogen and oxygen atoms in total. The van der Waals surface area contributed by atoms with E-state index in [1.165, 1.54) is 6.20 Å². The summed E-state index contributed by atoms with van der Waals surface area (Å²) >= 11 is 0. The molecule has 3 rings (SSSR count). The second-order valence-electron chi connectivity index (χ2n) is 6.82. The molecule has 2 amide bonds. The molecule has 142 valence electrons. The maximum atomic E-state index is 13.2. The number of likely N-dealkylation sites (N-methyl/N-ethyl adjacent to an activating group) is 1. The van der Waals surface area contributed by atoms with E-state index in [4.69, 9.17) is 5.73 Å². The average Bonchev–Trinajstić information content (AvgIpc) is 2.69. The molecule has 0 radical (unpaired) electrons. The van der Waals surface area contributed by atoms with Crippen molar-refractivity contribution in [1.29, 1.82) is 0 Å². The van der Waals surface area contributed by atoms with Crippen molar-refractivity contribution in [3.8, 4) is 11.3 Å². The van der Waals surface area contributed by atoms with Crippen LogP contribution in [0, 0.1) is 0 Å². The predicted octanol–water partition coefficient (Wildman–Crippen LogP) is 2.20. The monoisotopic (exact) mass is 367 g/mol. The van der Waals surface area contributed by atoms with Crippen LogP contribution < -0.4 is 5.73 Å². The molecule has 1 unspecified atom stereocenters. The Labute approximate surface area is 159 Å². The van der Waals surface area contributed by atoms with Crippen molar-refractivity contribution in [1.82, 2.24) is 19.8 Å². The predicted molar refractivity (Wildman–Crippen MR) is 104 cm³/mol. The summed E-state index contributed by atoms with van der Waals surface area (Å²) in [6, 6.07) is 6.87. The van der Waals surface area contributed by atoms with Crippen LogP contribution >= 0.6 is 0 Å². The highest BCUT2D eigenvalue weighted by atomic mass is 16.2. The Hall–Kier alpha value is -2.96. The van der Waals surface area contributed by atoms with Gasteiger partial charge in [-0.15, -0.1) is 0 Å². The van der Waals surface area contributed by atoms with Crippen molar-refractivity contribution in [2.45, 2.75) is 32.2 Å². The first-order valence-corrected chi connectivity index (χ1v) is 9.25. The molecule has 0 spiro atoms. The Morgan fingerprint density at radius 3 is 2.78 bits per heavy atom. The number of hydrogen-bond acceptors (Lipinski definition) is 5. The molecule has 1 atom stereocenters. The van der Waals surface area contributed by atoms with Crippen LogP contribution in [0.3, 0.4) is 0 Å². The maximum absolute atomic E-state index is 13.2. The third kappa shape index (κ3) is 4.07. The topological polar surface area (TPSA) is 92.4 Å². The van der Waals surface area contributed by atoms with Crippen LogP contribution in [0.1, 0.15) is 36.5 Å². The number of rotatable bonds is 5. The van der Waals surface area contributed by atoms with Crippen molar-refractivity contribution in [2.75, 3.05) is 25.9 Å². The highest BCUT2D eigenvalue weighted by Crippen LogP contribution is 2.22. The van der Waals surface area contributed by atoms with E-state index in [1.807, 2.05) is 12.1 Å². The summed E-state index contributed by atoms with van der Waals surface area (Å²) in [5.74, 6) is 0.243. The Bertz CT molecular complexity index is 821. The fourth-order valence-corrected chi connectivity index (χ4v) is 3.30. The highest BCUT2D eigenvalue weighted by molar-refractivity contribution is 5.99. The Kier molecular flexibility index (Phi) is 5.69. The number of carbonyl (C=O) groups is 2. The van der Waals surface area contributed by atoms with Crippen LogP contribution in [0.4, 0.5) is 5.82 Å². The molecule has 1 aliphatic heterocycles. The zero-order valence-corrected chi connectivity index (χ0v) is 15.8. The molecule has 2 N–H and O–H groups in total. The number of benzene rings is 1. The molecule has 1 saturated heterocycles. The number of nitrogen functional groups attached to an aromatic ring is 1. The molecule has 1 aromatic heterocycles. The summed E-state index contributed by atoms with van der Waals surface area (Å²) < 4.78 is 0. The molecule has 7 heteroatoms. The van der Waals surface area contributed by atoms with Gasteiger partial charge in [0.05, 0.1) is 18.1 Å². The van der Waals surface area contributed by atoms with E-state index in [9.17, 15) is 9.59 Å². The summed E-state index contributed by atoms with van der Waals surface area (Å²) in [5.41, 5.74) is 7.58. The van der Waals surface area contributed by atoms with E-state index in [2.05, 4.69) is 16.9 Å². The van der Waals surface area contributed by atoms with E-state index in [1.54, 1.807) is 35.2 Å². The van der Waals surface area contributed by atoms with Gasteiger partial charge in [0.15, 0.2) is 0 Å². The number of carbonyl (C=O) groups excluding carboxylic acids is 2. The van der Waals surface area contributed by atoms with Crippen molar-refractivity contribution < 1.29 is 9.59 Å². The number of piperazine rings is 1. The fourth-order valence-electron chi connectivity index (χ4n) is 3.30. The minimum Gasteiger partial charge on any atom is -0.382 e. The Balaban J connectivity index is 1.86. The number of nitrogens with zero attached hydrogens (tertiary/aromatic N) is 4. The van der Waals surface area contributed by atoms with Crippen molar-refractivity contribution >= 4 is 17.6 Å². The first-order chi connectivity index (χ1) is 13.0. The lowest BCUT2D eigenvalue weighted by Crippen LogP contribution is -2.57. The Morgan fingerprint density at radius 2 is 2.07 bits per heavy atom. The molecular weight excluding hydrogens is 342 g/mol. The van der Waals surface area contributed by atoms with Crippen molar-refractivity contribution in [3.63, 3.8) is 0 Å². The average molecular weight is 367 g/mol. The summed E-state index contributed by atoms with van der Waals surface area (Å²) in [6.45, 7) is 3.18. The molecule has 1 fully saturated rings. The number of aromatic nitrogens is 2. The smallest absolute Gasteiger partial charge is 0.254 e. The summed E-state index contributed by atoms with van der Waals surface area (Å²) in [4.78, 5) is 37.5. The molecule has 2 heterocycles. The van der Waals surface area contributed by atoms with Gasteiger partial charge in [0.2, 0.25) is 5.91 Å². The van der Waals surface area contributed by atoms with Crippen LogP contribution in [-0.2, 0) is 4.79 Å². The fraction of sp³-hybridized carbons (Fsp3) is 0.400. The minimum absolute atomic E-state index is 0.0172. The van der Waals surface area contributed by atoms with Gasteiger partial charge in [0.25, 0.3) is 5.91 Å². The van der Waals surface area contributed by atoms with Gasteiger partial charge in [0.1, 0.15) is 11.9 Å². The normalized spacial score (nSPS) is 17.3. The van der Waals surface area contributed by atoms with Crippen molar-refractivity contribution in [3.05, 3.63) is 42.2 Å². The van der Waals surface area contributed by atoms with Gasteiger partial charge in [-0.2, -0.15) is 0 Å². The molecule has 0 bridgehead atoms. The number of unbranched alkanes of at least 4 members (excludes halogenated alkanes) is 1. The zero-order chi connectivity index (χ0) is 19.4. The SMILES string of the molecule is CCCCC1C(=O)N(C)CCN1C(=O)c1cccc(-c2cnc(N)cn2)c1. The van der Waals surface area contributed by atoms with E-state index < -0.39 is 6.04 Å². The highest BCUT2D eigenvalue weighted by Gasteiger charge is 2.35. The quantitative estimate of drug-likeness (QED) is 0.874. The van der Waals surface area contributed by atoms with Crippen LogP contribution in [0.5, 0.6) is 0 Å². The largest absolute Gasteiger partial charge is 0.382 e. The van der Waals surface area contributed by atoms with E-state index >= 15 is 0 Å². The molecule has 2 aromatic rings. The second kappa shape index (κ2) is 8.16. The molecule has 0 aliphatic carbocycles. The van der Waals surface area contributed by atoms with Crippen LogP contribution in [0.2, 0.25) is 0 Å². The summed E-state index contributed by atoms with van der Waals surface area (Å²) in [6.07, 6.45) is 5.66. The molecule has 1 aliphatic rings. The van der Waals surface area contributed by atoms with Gasteiger partial charge in [-0.25, -0.2) is 4.98 Å². The number of hydrogen-bond donors (Lipinski definition) is 1. The lowest BCUT2D eigenvalue weighted by molar-refractivity contribution is -0.138. The number of amides is 2. The standard InChI is InChI=1S/C20H25N5O2/c1-3-4-8-17-20(27)24(2)9-10-25(17)19(26)15-7-5-6-14(11-15)16-12-23-18(21)13-22-16/h5-7,11-13,17H,3-4,8-10H2,1-2H3,(H2,21,23). The maximum Gasteiger partial charge on any atom is 0.254 e. The van der Waals surface area contributed by atoms with Crippen LogP contribution in [0.15, 0.2) is 36.7 Å². The number of nitrogens with two attached hydrogens (primary N) is 1. The number of anilines is 1. The first kappa shape index (κ1) is 18.8. The molecular formula is C20H25N5O2. The van der Waals surface area contributed by atoms with Gasteiger partial charge in [-0.3, -0.25) is 14.6 Å². The molecule has 27 heavy (non-hydrogen) atoms. The first-order valence-electron chi connectivity index (χ1n) is 9.25. The summed E-state index contributed by atoms with van der Waals surface area (Å²) in [5, 5.41) is 0. The van der Waals surface area contributed by atoms with Gasteiger partial charge >= 0.3 is 0 Å². The molecule has 1 aromatic carbocycles. The third-order valence-corrected chi connectivity index (χ3v) is 4.88. The Morgan fingerprint density at radius 1 is 1.26 bits per heavy atom. The zero-order valence-electron chi connectivity index (χ0n) is 15.8. The molecule has 0 saturated carbocycles. The van der Waals surface area contributed by atoms with E-state index in [0.29, 0.717) is 36.6 Å². The second-order valence-corrected chi connectivity index (χ2v) is 6.82. The summed E-state index contributed by atoms with van der Waals surface area (Å²) in [7, 11) is 1.80. The minimum atomic E-state index is -0.392. The van der Waals surface area contributed by atoms with Gasteiger partial charge < -0.3 is 15.5 Å². The van der Waals surface area contributed by atoms with Crippen LogP contribution in [0.25, 0.3) is 11.3 Å². The van der Waals surface area contributed by atoms with Crippen LogP contribution in [-0.4, -0.2) is 57.8 Å². The van der Waals surface area contributed by atoms with Gasteiger partial charge in [-0.05, 0) is 18.6 Å². The van der Waals surface area contributed by atoms with E-state index in [-0.39, 0.29) is 11.8 Å². The van der Waals surface area contributed by atoms with E-state index in [0.717, 1.165) is 18.4 Å². The van der Waals surface area contributed by atoms with Gasteiger partial charge in [-0.1, -0.05) is 31.9 Å². The lowest BCUT2D eigenvalue weighted by Gasteiger charge is -2.39. The van der Waals surface area contributed by atoms with Gasteiger partial charge in [0, 0.05) is 31.3 Å². The lowest BCUT2D eigenvalue weighted by atomic mass is 10.0.